The molecule has 0 saturated carbocycles. The van der Waals surface area contributed by atoms with Crippen molar-refractivity contribution in [1.29, 1.82) is 0 Å². The summed E-state index contributed by atoms with van der Waals surface area (Å²) in [5, 5.41) is 2.87. The van der Waals surface area contributed by atoms with E-state index < -0.39 is 23.4 Å². The van der Waals surface area contributed by atoms with Gasteiger partial charge in [0.25, 0.3) is 0 Å². The third kappa shape index (κ3) is 2.26. The summed E-state index contributed by atoms with van der Waals surface area (Å²) in [5.74, 6) is -0.879. The highest BCUT2D eigenvalue weighted by Gasteiger charge is 2.50. The molecule has 4 nitrogen and oxygen atoms in total. The molecule has 2 bridgehead atoms. The number of carbonyl (C=O) groups excluding carboxylic acids is 1. The maximum absolute atomic E-state index is 14.2. The molecular weight excluding hydrogens is 382 g/mol. The van der Waals surface area contributed by atoms with Gasteiger partial charge < -0.3 is 10.1 Å². The smallest absolute Gasteiger partial charge is 0.325 e. The van der Waals surface area contributed by atoms with Gasteiger partial charge in [-0.1, -0.05) is 15.9 Å². The monoisotopic (exact) mass is 394 g/mol. The van der Waals surface area contributed by atoms with E-state index in [9.17, 15) is 13.6 Å². The average Bonchev–Trinajstić information content (AvgIpc) is 2.50. The normalized spacial score (nSPS) is 24.9. The van der Waals surface area contributed by atoms with Gasteiger partial charge in [0.05, 0.1) is 11.7 Å². The van der Waals surface area contributed by atoms with Crippen molar-refractivity contribution in [2.45, 2.75) is 25.1 Å². The predicted molar refractivity (Wildman–Crippen MR) is 87.9 cm³/mol. The predicted octanol–water partition coefficient (Wildman–Crippen LogP) is 4.50. The largest absolute Gasteiger partial charge is 0.467 e. The molecule has 2 aromatic rings. The molecule has 2 heterocycles. The number of hydrogen-bond donors (Lipinski definition) is 1. The van der Waals surface area contributed by atoms with Gasteiger partial charge in [-0.2, -0.15) is 0 Å². The Morgan fingerprint density at radius 1 is 1.29 bits per heavy atom. The summed E-state index contributed by atoms with van der Waals surface area (Å²) in [6.45, 7) is 1.73. The van der Waals surface area contributed by atoms with Gasteiger partial charge in [0.1, 0.15) is 17.4 Å². The molecule has 0 radical (unpaired) electrons. The zero-order valence-corrected chi connectivity index (χ0v) is 14.2. The van der Waals surface area contributed by atoms with Crippen molar-refractivity contribution in [3.63, 3.8) is 0 Å². The zero-order chi connectivity index (χ0) is 17.1. The Morgan fingerprint density at radius 3 is 2.83 bits per heavy atom. The lowest BCUT2D eigenvalue weighted by atomic mass is 9.90. The number of anilines is 1. The lowest BCUT2D eigenvalue weighted by molar-refractivity contribution is 0.0373. The van der Waals surface area contributed by atoms with Gasteiger partial charge in [0, 0.05) is 22.5 Å². The average molecular weight is 395 g/mol. The molecule has 124 valence electrons. The second kappa shape index (κ2) is 5.17. The van der Waals surface area contributed by atoms with Crippen molar-refractivity contribution in [3.8, 4) is 5.75 Å². The molecule has 2 aliphatic heterocycles. The lowest BCUT2D eigenvalue weighted by Gasteiger charge is -2.50. The number of benzene rings is 2. The van der Waals surface area contributed by atoms with Crippen LogP contribution in [-0.4, -0.2) is 11.8 Å². The van der Waals surface area contributed by atoms with E-state index in [1.165, 1.54) is 11.0 Å². The topological polar surface area (TPSA) is 41.6 Å². The van der Waals surface area contributed by atoms with Gasteiger partial charge in [-0.25, -0.2) is 13.6 Å². The Bertz CT molecular complexity index is 860. The van der Waals surface area contributed by atoms with Crippen LogP contribution in [-0.2, 0) is 0 Å². The summed E-state index contributed by atoms with van der Waals surface area (Å²) in [6.07, 6.45) is 0.443. The molecule has 2 aliphatic rings. The number of ether oxygens (including phenoxy) is 1. The van der Waals surface area contributed by atoms with Crippen LogP contribution in [0.4, 0.5) is 19.3 Å². The molecule has 2 aromatic carbocycles. The maximum Gasteiger partial charge on any atom is 0.325 e. The molecular formula is C17H13BrF2N2O2. The quantitative estimate of drug-likeness (QED) is 0.773. The van der Waals surface area contributed by atoms with Crippen LogP contribution in [0.3, 0.4) is 0 Å². The first kappa shape index (κ1) is 15.4. The molecule has 2 amide bonds. The molecule has 0 aliphatic carbocycles. The maximum atomic E-state index is 14.2. The Balaban J connectivity index is 1.82. The minimum atomic E-state index is -1.06. The van der Waals surface area contributed by atoms with Crippen LogP contribution in [0.15, 0.2) is 40.9 Å². The molecule has 1 saturated heterocycles. The van der Waals surface area contributed by atoms with Gasteiger partial charge in [-0.15, -0.1) is 0 Å². The van der Waals surface area contributed by atoms with Crippen LogP contribution in [0.25, 0.3) is 0 Å². The minimum absolute atomic E-state index is 0.0181. The van der Waals surface area contributed by atoms with Crippen LogP contribution in [0.5, 0.6) is 5.75 Å². The number of halogens is 3. The van der Waals surface area contributed by atoms with Crippen molar-refractivity contribution < 1.29 is 18.3 Å². The molecule has 24 heavy (non-hydrogen) atoms. The standard InChI is InChI=1S/C17H13BrF2N2O2/c1-17-8-13(11-6-9(18)2-5-15(11)24-17)21-16(23)22(17)14-4-3-10(19)7-12(14)20/h2-7,13H,8H2,1H3,(H,21,23). The lowest BCUT2D eigenvalue weighted by Crippen LogP contribution is -2.65. The highest BCUT2D eigenvalue weighted by Crippen LogP contribution is 2.46. The van der Waals surface area contributed by atoms with Gasteiger partial charge >= 0.3 is 6.03 Å². The Labute approximate surface area is 145 Å². The second-order valence-corrected chi connectivity index (χ2v) is 7.01. The summed E-state index contributed by atoms with van der Waals surface area (Å²) in [7, 11) is 0. The minimum Gasteiger partial charge on any atom is -0.467 e. The van der Waals surface area contributed by atoms with E-state index in [2.05, 4.69) is 21.2 Å². The number of nitrogens with zero attached hydrogens (tertiary/aromatic N) is 1. The van der Waals surface area contributed by atoms with E-state index in [1.807, 2.05) is 12.1 Å². The summed E-state index contributed by atoms with van der Waals surface area (Å²) >= 11 is 3.41. The number of amides is 2. The zero-order valence-electron chi connectivity index (χ0n) is 12.6. The van der Waals surface area contributed by atoms with Crippen molar-refractivity contribution >= 4 is 27.6 Å². The highest BCUT2D eigenvalue weighted by molar-refractivity contribution is 9.10. The van der Waals surface area contributed by atoms with Gasteiger partial charge in [-0.05, 0) is 37.3 Å². The van der Waals surface area contributed by atoms with Gasteiger partial charge in [0.2, 0.25) is 0 Å². The van der Waals surface area contributed by atoms with E-state index in [4.69, 9.17) is 4.74 Å². The summed E-state index contributed by atoms with van der Waals surface area (Å²) in [6, 6.07) is 7.95. The fourth-order valence-corrected chi connectivity index (χ4v) is 3.75. The third-order valence-corrected chi connectivity index (χ3v) is 4.88. The molecule has 2 unspecified atom stereocenters. The molecule has 1 N–H and O–H groups in total. The van der Waals surface area contributed by atoms with Crippen molar-refractivity contribution in [3.05, 3.63) is 58.1 Å². The van der Waals surface area contributed by atoms with E-state index in [-0.39, 0.29) is 11.7 Å². The van der Waals surface area contributed by atoms with Crippen LogP contribution < -0.4 is 15.0 Å². The van der Waals surface area contributed by atoms with Crippen LogP contribution in [0.1, 0.15) is 24.9 Å². The Morgan fingerprint density at radius 2 is 2.08 bits per heavy atom. The number of rotatable bonds is 1. The van der Waals surface area contributed by atoms with Gasteiger partial charge in [0.15, 0.2) is 5.72 Å². The Kier molecular flexibility index (Phi) is 3.32. The van der Waals surface area contributed by atoms with E-state index in [0.717, 1.165) is 22.2 Å². The first-order chi connectivity index (χ1) is 11.4. The van der Waals surface area contributed by atoms with E-state index >= 15 is 0 Å². The molecule has 0 aromatic heterocycles. The molecule has 0 spiro atoms. The van der Waals surface area contributed by atoms with Crippen LogP contribution in [0, 0.1) is 11.6 Å². The number of hydrogen-bond acceptors (Lipinski definition) is 2. The number of fused-ring (bicyclic) bond motifs is 4. The molecule has 2 atom stereocenters. The fraction of sp³-hybridized carbons (Fsp3) is 0.235. The summed E-state index contributed by atoms with van der Waals surface area (Å²) in [5.41, 5.74) is -0.211. The first-order valence-electron chi connectivity index (χ1n) is 7.42. The number of urea groups is 1. The van der Waals surface area contributed by atoms with Crippen LogP contribution in [0.2, 0.25) is 0 Å². The highest BCUT2D eigenvalue weighted by atomic mass is 79.9. The molecule has 4 rings (SSSR count). The van der Waals surface area contributed by atoms with Crippen LogP contribution >= 0.6 is 15.9 Å². The number of nitrogens with one attached hydrogen (secondary N) is 1. The van der Waals surface area contributed by atoms with E-state index in [0.29, 0.717) is 12.2 Å². The molecule has 1 fully saturated rings. The number of carbonyl (C=O) groups is 1. The SMILES string of the molecule is CC12CC(NC(=O)N1c1ccc(F)cc1F)c1cc(Br)ccc1O2. The summed E-state index contributed by atoms with van der Waals surface area (Å²) in [4.78, 5) is 13.8. The Hall–Kier alpha value is -2.15. The fourth-order valence-electron chi connectivity index (χ4n) is 3.37. The molecule has 7 heteroatoms. The first-order valence-corrected chi connectivity index (χ1v) is 8.21. The van der Waals surface area contributed by atoms with E-state index in [1.54, 1.807) is 13.0 Å². The van der Waals surface area contributed by atoms with Crippen molar-refractivity contribution in [1.82, 2.24) is 5.32 Å². The summed E-state index contributed by atoms with van der Waals surface area (Å²) < 4.78 is 34.4. The van der Waals surface area contributed by atoms with Crippen molar-refractivity contribution in [2.24, 2.45) is 0 Å². The second-order valence-electron chi connectivity index (χ2n) is 6.10. The third-order valence-electron chi connectivity index (χ3n) is 4.38. The van der Waals surface area contributed by atoms with Crippen molar-refractivity contribution in [2.75, 3.05) is 4.90 Å². The van der Waals surface area contributed by atoms with Gasteiger partial charge in [-0.3, -0.25) is 4.90 Å².